The number of thiazole rings is 1. The summed E-state index contributed by atoms with van der Waals surface area (Å²) in [6.45, 7) is 0.863. The Morgan fingerprint density at radius 3 is 3.04 bits per heavy atom. The van der Waals surface area contributed by atoms with Gasteiger partial charge in [-0.3, -0.25) is 4.79 Å². The highest BCUT2D eigenvalue weighted by Gasteiger charge is 2.47. The molecular formula is C18H19ClN2OS. The van der Waals surface area contributed by atoms with Crippen molar-refractivity contribution in [3.8, 4) is 0 Å². The molecule has 1 aromatic heterocycles. The van der Waals surface area contributed by atoms with E-state index < -0.39 is 0 Å². The fraction of sp³-hybridized carbons (Fsp3) is 0.444. The van der Waals surface area contributed by atoms with Gasteiger partial charge in [-0.15, -0.1) is 11.3 Å². The Kier molecular flexibility index (Phi) is 4.12. The first kappa shape index (κ1) is 15.2. The largest absolute Gasteiger partial charge is 0.333 e. The van der Waals surface area contributed by atoms with Crippen LogP contribution in [0.1, 0.15) is 48.2 Å². The summed E-state index contributed by atoms with van der Waals surface area (Å²) in [5.74, 6) is 0.754. The number of amides is 1. The highest BCUT2D eigenvalue weighted by atomic mass is 35.5. The lowest BCUT2D eigenvalue weighted by Gasteiger charge is -2.34. The zero-order valence-electron chi connectivity index (χ0n) is 12.8. The van der Waals surface area contributed by atoms with Crippen LogP contribution in [-0.2, 0) is 4.79 Å². The lowest BCUT2D eigenvalue weighted by Crippen LogP contribution is -2.39. The molecule has 3 nitrogen and oxygen atoms in total. The summed E-state index contributed by atoms with van der Waals surface area (Å²) < 4.78 is 0. The third kappa shape index (κ3) is 3.02. The van der Waals surface area contributed by atoms with Crippen molar-refractivity contribution in [2.45, 2.75) is 37.6 Å². The van der Waals surface area contributed by atoms with Gasteiger partial charge < -0.3 is 4.90 Å². The molecule has 0 unspecified atom stereocenters. The maximum atomic E-state index is 13.0. The van der Waals surface area contributed by atoms with Crippen molar-refractivity contribution >= 4 is 28.8 Å². The first-order valence-corrected chi connectivity index (χ1v) is 9.45. The van der Waals surface area contributed by atoms with Gasteiger partial charge in [0.1, 0.15) is 5.01 Å². The van der Waals surface area contributed by atoms with Gasteiger partial charge in [-0.2, -0.15) is 0 Å². The van der Waals surface area contributed by atoms with E-state index in [9.17, 15) is 4.79 Å². The first-order chi connectivity index (χ1) is 11.2. The van der Waals surface area contributed by atoms with Gasteiger partial charge in [-0.1, -0.05) is 23.7 Å². The van der Waals surface area contributed by atoms with Crippen LogP contribution < -0.4 is 0 Å². The summed E-state index contributed by atoms with van der Waals surface area (Å²) in [4.78, 5) is 19.5. The van der Waals surface area contributed by atoms with Crippen LogP contribution in [0, 0.1) is 5.92 Å². The molecule has 4 rings (SSSR count). The van der Waals surface area contributed by atoms with E-state index in [2.05, 4.69) is 16.0 Å². The number of halogens is 1. The van der Waals surface area contributed by atoms with Gasteiger partial charge in [0.05, 0.1) is 6.04 Å². The summed E-state index contributed by atoms with van der Waals surface area (Å²) in [7, 11) is 0. The summed E-state index contributed by atoms with van der Waals surface area (Å²) in [5.41, 5.74) is 1.19. The molecule has 0 spiro atoms. The monoisotopic (exact) mass is 346 g/mol. The Hall–Kier alpha value is -1.39. The minimum absolute atomic E-state index is 0.119. The molecule has 0 N–H and O–H groups in total. The van der Waals surface area contributed by atoms with Crippen molar-refractivity contribution in [2.75, 3.05) is 6.54 Å². The maximum absolute atomic E-state index is 13.0. The Morgan fingerprint density at radius 2 is 2.26 bits per heavy atom. The molecule has 2 heterocycles. The molecule has 120 valence electrons. The average molecular weight is 347 g/mol. The first-order valence-electron chi connectivity index (χ1n) is 8.19. The van der Waals surface area contributed by atoms with Crippen LogP contribution in [0.2, 0.25) is 5.02 Å². The van der Waals surface area contributed by atoms with E-state index in [0.29, 0.717) is 11.8 Å². The molecule has 0 radical (unpaired) electrons. The van der Waals surface area contributed by atoms with Gasteiger partial charge in [0.15, 0.2) is 0 Å². The summed E-state index contributed by atoms with van der Waals surface area (Å²) in [5, 5.41) is 3.83. The van der Waals surface area contributed by atoms with Gasteiger partial charge in [-0.25, -0.2) is 4.98 Å². The van der Waals surface area contributed by atoms with Gasteiger partial charge in [0.25, 0.3) is 0 Å². The normalized spacial score (nSPS) is 27.0. The topological polar surface area (TPSA) is 33.2 Å². The van der Waals surface area contributed by atoms with E-state index in [-0.39, 0.29) is 12.0 Å². The molecule has 1 aliphatic carbocycles. The number of hydrogen-bond acceptors (Lipinski definition) is 3. The zero-order chi connectivity index (χ0) is 15.8. The number of carbonyl (C=O) groups is 1. The van der Waals surface area contributed by atoms with Crippen LogP contribution in [-0.4, -0.2) is 22.3 Å². The Morgan fingerprint density at radius 1 is 1.35 bits per heavy atom. The second kappa shape index (κ2) is 6.25. The van der Waals surface area contributed by atoms with Crippen LogP contribution in [0.5, 0.6) is 0 Å². The van der Waals surface area contributed by atoms with E-state index >= 15 is 0 Å². The quantitative estimate of drug-likeness (QED) is 0.810. The van der Waals surface area contributed by atoms with Crippen LogP contribution in [0.3, 0.4) is 0 Å². The molecular weight excluding hydrogens is 328 g/mol. The Bertz CT molecular complexity index is 703. The van der Waals surface area contributed by atoms with Crippen molar-refractivity contribution in [2.24, 2.45) is 5.92 Å². The molecule has 1 saturated carbocycles. The molecule has 0 bridgehead atoms. The van der Waals surface area contributed by atoms with Gasteiger partial charge in [-0.05, 0) is 49.3 Å². The summed E-state index contributed by atoms with van der Waals surface area (Å²) in [6.07, 6.45) is 6.09. The molecule has 3 atom stereocenters. The molecule has 1 saturated heterocycles. The standard InChI is InChI=1S/C18H19ClN2OS/c19-13-5-3-4-12(10-13)14-11-15(14)18(22)21-8-2-1-6-16(21)17-20-7-9-23-17/h3-5,7,9-10,14-16H,1-2,6,8,11H2/t14-,15-,16-/m1/s1. The minimum atomic E-state index is 0.119. The second-order valence-corrected chi connectivity index (χ2v) is 7.78. The van der Waals surface area contributed by atoms with Crippen molar-refractivity contribution in [1.29, 1.82) is 0 Å². The Labute approximate surface area is 145 Å². The highest BCUT2D eigenvalue weighted by molar-refractivity contribution is 7.09. The average Bonchev–Trinajstić information content (AvgIpc) is 3.19. The number of rotatable bonds is 3. The van der Waals surface area contributed by atoms with Crippen LogP contribution in [0.25, 0.3) is 0 Å². The molecule has 23 heavy (non-hydrogen) atoms. The predicted molar refractivity (Wildman–Crippen MR) is 92.7 cm³/mol. The van der Waals surface area contributed by atoms with E-state index in [1.54, 1.807) is 11.3 Å². The van der Waals surface area contributed by atoms with Gasteiger partial charge in [0, 0.05) is 29.1 Å². The van der Waals surface area contributed by atoms with Crippen LogP contribution in [0.4, 0.5) is 0 Å². The molecule has 5 heteroatoms. The van der Waals surface area contributed by atoms with E-state index in [4.69, 9.17) is 11.6 Å². The summed E-state index contributed by atoms with van der Waals surface area (Å²) >= 11 is 7.74. The molecule has 1 aromatic carbocycles. The van der Waals surface area contributed by atoms with Crippen molar-refractivity contribution in [3.05, 3.63) is 51.4 Å². The fourth-order valence-electron chi connectivity index (χ4n) is 3.64. The number of hydrogen-bond donors (Lipinski definition) is 0. The molecule has 1 amide bonds. The van der Waals surface area contributed by atoms with Crippen molar-refractivity contribution < 1.29 is 4.79 Å². The Balaban J connectivity index is 1.50. The molecule has 2 aromatic rings. The van der Waals surface area contributed by atoms with E-state index in [0.717, 1.165) is 35.8 Å². The van der Waals surface area contributed by atoms with Gasteiger partial charge >= 0.3 is 0 Å². The van der Waals surface area contributed by atoms with E-state index in [1.165, 1.54) is 12.0 Å². The number of benzene rings is 1. The lowest BCUT2D eigenvalue weighted by atomic mass is 10.0. The molecule has 1 aliphatic heterocycles. The van der Waals surface area contributed by atoms with Crippen LogP contribution in [0.15, 0.2) is 35.8 Å². The lowest BCUT2D eigenvalue weighted by molar-refractivity contribution is -0.136. The predicted octanol–water partition coefficient (Wildman–Crippen LogP) is 4.65. The molecule has 2 aliphatic rings. The second-order valence-electron chi connectivity index (χ2n) is 6.42. The van der Waals surface area contributed by atoms with Gasteiger partial charge in [0.2, 0.25) is 5.91 Å². The number of carbonyl (C=O) groups excluding carboxylic acids is 1. The SMILES string of the molecule is O=C([C@@H]1C[C@@H]1c1cccc(Cl)c1)N1CCCC[C@@H]1c1nccs1. The van der Waals surface area contributed by atoms with Crippen molar-refractivity contribution in [1.82, 2.24) is 9.88 Å². The van der Waals surface area contributed by atoms with E-state index in [1.807, 2.05) is 29.8 Å². The number of piperidine rings is 1. The third-order valence-electron chi connectivity index (χ3n) is 4.91. The number of aromatic nitrogens is 1. The number of likely N-dealkylation sites (tertiary alicyclic amines) is 1. The number of nitrogens with zero attached hydrogens (tertiary/aromatic N) is 2. The molecule has 2 fully saturated rings. The van der Waals surface area contributed by atoms with Crippen molar-refractivity contribution in [3.63, 3.8) is 0 Å². The highest BCUT2D eigenvalue weighted by Crippen LogP contribution is 2.50. The summed E-state index contributed by atoms with van der Waals surface area (Å²) in [6, 6.07) is 8.10. The third-order valence-corrected chi connectivity index (χ3v) is 6.02. The van der Waals surface area contributed by atoms with Crippen LogP contribution >= 0.6 is 22.9 Å². The minimum Gasteiger partial charge on any atom is -0.333 e. The smallest absolute Gasteiger partial charge is 0.226 e. The fourth-order valence-corrected chi connectivity index (χ4v) is 4.62. The maximum Gasteiger partial charge on any atom is 0.226 e. The zero-order valence-corrected chi connectivity index (χ0v) is 14.4.